The largest absolute Gasteiger partial charge is 0.593 e. The molecule has 3 aromatic carbocycles. The second kappa shape index (κ2) is 25.2. The number of ether oxygens (including phenoxy) is 2. The zero-order chi connectivity index (χ0) is 61.7. The monoisotopic (exact) mass is 1210 g/mol. The van der Waals surface area contributed by atoms with Crippen LogP contribution in [0.1, 0.15) is 128 Å². The van der Waals surface area contributed by atoms with E-state index in [1.807, 2.05) is 50.2 Å². The maximum Gasteiger partial charge on any atom is 0.324 e. The molecule has 5 heterocycles. The molecule has 5 aliphatic rings. The highest BCUT2D eigenvalue weighted by Gasteiger charge is 2.67. The van der Waals surface area contributed by atoms with Crippen LogP contribution in [-0.4, -0.2) is 142 Å². The molecule has 2 aliphatic carbocycles. The molecule has 2 N–H and O–H groups in total. The zero-order valence-electron chi connectivity index (χ0n) is 52.8. The van der Waals surface area contributed by atoms with E-state index in [-0.39, 0.29) is 61.0 Å². The molecule has 5 aromatic rings. The molecule has 3 aliphatic heterocycles. The Labute approximate surface area is 512 Å². The van der Waals surface area contributed by atoms with Gasteiger partial charge in [0, 0.05) is 68.8 Å². The van der Waals surface area contributed by atoms with E-state index in [4.69, 9.17) is 18.9 Å². The maximum absolute atomic E-state index is 15.4. The molecule has 2 unspecified atom stereocenters. The topological polar surface area (TPSA) is 191 Å². The SMILES string of the molecule is CCn1c(-c2cccnc2[C@H](C)OC)c2c3cc(ccc31)-c1cc(cc(O[Si](C)(C)C(C)(C)C)c1)C[C@H](NC(=O)[C@H](C1CCCC1)N(C)C(=O)CN(C)C(=O)[C@H]1[C@@H](C3CC3)N1[S+]([O-])c1ccc(C)cc1)C(=O)N1CCC[C@H](N1)C(=O)OCC(C)(C)C2. The van der Waals surface area contributed by atoms with E-state index >= 15 is 9.59 Å². The van der Waals surface area contributed by atoms with E-state index in [1.54, 1.807) is 31.7 Å². The summed E-state index contributed by atoms with van der Waals surface area (Å²) >= 11 is -1.55. The number of rotatable bonds is 16. The van der Waals surface area contributed by atoms with Gasteiger partial charge in [-0.2, -0.15) is 0 Å². The third-order valence-electron chi connectivity index (χ3n) is 19.1. The van der Waals surface area contributed by atoms with Gasteiger partial charge in [0.1, 0.15) is 23.9 Å². The highest BCUT2D eigenvalue weighted by Crippen LogP contribution is 2.51. The molecule has 0 radical (unpaired) electrons. The molecule has 2 aromatic heterocycles. The fourth-order valence-electron chi connectivity index (χ4n) is 12.9. The number of fused-ring (bicyclic) bond motifs is 6. The van der Waals surface area contributed by atoms with Crippen molar-refractivity contribution in [2.45, 2.75) is 185 Å². The van der Waals surface area contributed by atoms with Crippen molar-refractivity contribution in [1.29, 1.82) is 0 Å². The highest BCUT2D eigenvalue weighted by atomic mass is 32.2. The number of benzene rings is 3. The van der Waals surface area contributed by atoms with Crippen molar-refractivity contribution in [3.8, 4) is 28.1 Å². The fraction of sp³-hybridized carbons (Fsp3) is 0.552. The summed E-state index contributed by atoms with van der Waals surface area (Å²) in [6.07, 6.45) is 8.11. The van der Waals surface area contributed by atoms with Crippen molar-refractivity contribution in [2.24, 2.45) is 17.3 Å². The van der Waals surface area contributed by atoms with Crippen molar-refractivity contribution in [2.75, 3.05) is 40.9 Å². The first kappa shape index (κ1) is 62.9. The number of nitrogens with zero attached hydrogens (tertiary/aromatic N) is 6. The lowest BCUT2D eigenvalue weighted by atomic mass is 9.84. The third kappa shape index (κ3) is 13.2. The Bertz CT molecular complexity index is 3350. The molecule has 4 fully saturated rings. The number of aromatic nitrogens is 2. The average Bonchev–Trinajstić information content (AvgIpc) is 1.62. The summed E-state index contributed by atoms with van der Waals surface area (Å²) in [5.74, 6) is -1.38. The minimum absolute atomic E-state index is 0.0510. The Morgan fingerprint density at radius 1 is 0.965 bits per heavy atom. The minimum Gasteiger partial charge on any atom is -0.593 e. The quantitative estimate of drug-likeness (QED) is 0.0412. The number of pyridine rings is 1. The number of carbonyl (C=O) groups is 5. The van der Waals surface area contributed by atoms with Crippen LogP contribution in [0.2, 0.25) is 18.1 Å². The molecule has 6 bridgehead atoms. The summed E-state index contributed by atoms with van der Waals surface area (Å²) in [5, 5.41) is 5.56. The number of hydrogen-bond acceptors (Lipinski definition) is 12. The molecule has 0 spiro atoms. The maximum atomic E-state index is 15.4. The number of esters is 1. The lowest BCUT2D eigenvalue weighted by molar-refractivity contribution is -0.155. The summed E-state index contributed by atoms with van der Waals surface area (Å²) in [5.41, 5.74) is 11.2. The van der Waals surface area contributed by atoms with Crippen LogP contribution in [0.25, 0.3) is 33.3 Å². The molecular formula is C67H90N8O9SSi. The molecule has 17 nitrogen and oxygen atoms in total. The first-order chi connectivity index (χ1) is 40.8. The van der Waals surface area contributed by atoms with E-state index in [2.05, 4.69) is 106 Å². The number of hydrogen-bond donors (Lipinski definition) is 2. The standard InChI is InChI=1S/C67H90N8O9SSi/c1-14-73-55-30-27-46-37-51(55)52(60(73)50-21-17-31-68-57(50)42(3)82-11)38-67(7,8)40-83-65(80)53-22-18-32-74(70-53)63(78)54(35-43-33-47(46)36-48(34-43)84-86(12,13)66(4,5)6)69-62(77)59(44-19-15-16-20-44)72(10)56(76)39-71(9)64(79)61-58(45-25-26-45)75(61)85(81)49-28-23-41(2)24-29-49/h17,21,23-24,27-31,33-34,36-37,42,44-45,53-54,58-59,61,70H,14-16,18-20,22,25-26,32,35,38-40H2,1-13H3,(H,69,77)/t42-,53-,54-,58+,59-,61+,75?,85?/m0/s1. The molecule has 19 heteroatoms. The predicted octanol–water partition coefficient (Wildman–Crippen LogP) is 10.1. The lowest BCUT2D eigenvalue weighted by Crippen LogP contribution is -2.62. The van der Waals surface area contributed by atoms with Gasteiger partial charge in [-0.05, 0) is 166 Å². The van der Waals surface area contributed by atoms with Crippen LogP contribution < -0.4 is 15.2 Å². The number of nitrogens with one attached hydrogen (secondary N) is 2. The zero-order valence-corrected chi connectivity index (χ0v) is 54.6. The van der Waals surface area contributed by atoms with Gasteiger partial charge in [-0.1, -0.05) is 77.3 Å². The van der Waals surface area contributed by atoms with E-state index in [9.17, 15) is 18.9 Å². The molecule has 10 rings (SSSR count). The third-order valence-corrected chi connectivity index (χ3v) is 25.0. The Hall–Kier alpha value is -6.09. The molecule has 4 amide bonds. The Morgan fingerprint density at radius 3 is 2.36 bits per heavy atom. The number of cyclic esters (lactones) is 1. The van der Waals surface area contributed by atoms with Crippen molar-refractivity contribution in [1.82, 2.24) is 39.4 Å². The molecule has 86 heavy (non-hydrogen) atoms. The van der Waals surface area contributed by atoms with Gasteiger partial charge in [-0.3, -0.25) is 34.0 Å². The van der Waals surface area contributed by atoms with Gasteiger partial charge >= 0.3 is 5.97 Å². The Morgan fingerprint density at radius 2 is 1.69 bits per heavy atom. The Kier molecular flexibility index (Phi) is 18.4. The normalized spacial score (nSPS) is 23.0. The van der Waals surface area contributed by atoms with Gasteiger partial charge in [-0.15, -0.1) is 4.31 Å². The molecule has 2 saturated heterocycles. The van der Waals surface area contributed by atoms with Gasteiger partial charge in [0.25, 0.3) is 5.91 Å². The molecular weight excluding hydrogens is 1120 g/mol. The van der Waals surface area contributed by atoms with Crippen LogP contribution in [0.5, 0.6) is 5.75 Å². The van der Waals surface area contributed by atoms with E-state index in [1.165, 1.54) is 14.8 Å². The van der Waals surface area contributed by atoms with Crippen molar-refractivity contribution < 1.29 is 42.4 Å². The predicted molar refractivity (Wildman–Crippen MR) is 337 cm³/mol. The number of methoxy groups -OCH3 is 1. The van der Waals surface area contributed by atoms with Crippen molar-refractivity contribution in [3.63, 3.8) is 0 Å². The van der Waals surface area contributed by atoms with Crippen LogP contribution in [0.3, 0.4) is 0 Å². The highest BCUT2D eigenvalue weighted by molar-refractivity contribution is 7.89. The van der Waals surface area contributed by atoms with Crippen molar-refractivity contribution >= 4 is 60.2 Å². The number of carbonyl (C=O) groups excluding carboxylic acids is 5. The van der Waals surface area contributed by atoms with Gasteiger partial charge in [-0.25, -0.2) is 5.43 Å². The van der Waals surface area contributed by atoms with E-state index in [0.29, 0.717) is 49.3 Å². The fourth-order valence-corrected chi connectivity index (χ4v) is 15.4. The number of aryl methyl sites for hydroxylation is 2. The summed E-state index contributed by atoms with van der Waals surface area (Å²) in [4.78, 5) is 82.5. The van der Waals surface area contributed by atoms with Gasteiger partial charge < -0.3 is 38.1 Å². The minimum atomic E-state index is -2.47. The van der Waals surface area contributed by atoms with Gasteiger partial charge in [0.05, 0.1) is 48.0 Å². The van der Waals surface area contributed by atoms with Crippen LogP contribution in [0.15, 0.2) is 83.9 Å². The average molecular weight is 1210 g/mol. The van der Waals surface area contributed by atoms with E-state index in [0.717, 1.165) is 81.4 Å². The molecule has 8 atom stereocenters. The lowest BCUT2D eigenvalue weighted by Gasteiger charge is -2.37. The smallest absolute Gasteiger partial charge is 0.324 e. The van der Waals surface area contributed by atoms with Gasteiger partial charge in [0.15, 0.2) is 10.9 Å². The molecule has 462 valence electrons. The number of hydrazine groups is 1. The first-order valence-corrected chi connectivity index (χ1v) is 35.1. The number of likely N-dealkylation sites (N-methyl/N-ethyl adjacent to an activating group) is 2. The number of amides is 4. The van der Waals surface area contributed by atoms with Crippen molar-refractivity contribution in [3.05, 3.63) is 101 Å². The second-order valence-corrected chi connectivity index (χ2v) is 33.4. The van der Waals surface area contributed by atoms with Crippen LogP contribution in [-0.2, 0) is 64.2 Å². The summed E-state index contributed by atoms with van der Waals surface area (Å²) in [6, 6.07) is 20.5. The summed E-state index contributed by atoms with van der Waals surface area (Å²) < 4.78 is 37.3. The van der Waals surface area contributed by atoms with Crippen LogP contribution >= 0.6 is 0 Å². The second-order valence-electron chi connectivity index (χ2n) is 27.3. The summed E-state index contributed by atoms with van der Waals surface area (Å²) in [6.45, 7) is 22.1. The van der Waals surface area contributed by atoms with E-state index < -0.39 is 73.0 Å². The van der Waals surface area contributed by atoms with Gasteiger partial charge in [0.2, 0.25) is 26.0 Å². The summed E-state index contributed by atoms with van der Waals surface area (Å²) in [7, 11) is 2.44. The van der Waals surface area contributed by atoms with Crippen LogP contribution in [0, 0.1) is 24.2 Å². The molecule has 2 saturated carbocycles. The Balaban J connectivity index is 1.02. The van der Waals surface area contributed by atoms with Crippen LogP contribution in [0.4, 0.5) is 0 Å². The first-order valence-electron chi connectivity index (χ1n) is 31.1.